The Bertz CT molecular complexity index is 182. The Morgan fingerprint density at radius 3 is 2.67 bits per heavy atom. The molecule has 0 amide bonds. The molecule has 1 saturated carbocycles. The highest BCUT2D eigenvalue weighted by Gasteiger charge is 2.12. The summed E-state index contributed by atoms with van der Waals surface area (Å²) < 4.78 is 0. The van der Waals surface area contributed by atoms with Crippen molar-refractivity contribution in [1.82, 2.24) is 5.32 Å². The second-order valence-corrected chi connectivity index (χ2v) is 4.72. The molecular weight excluding hydrogens is 321 g/mol. The Morgan fingerprint density at radius 1 is 1.40 bits per heavy atom. The third-order valence-corrected chi connectivity index (χ3v) is 3.13. The van der Waals surface area contributed by atoms with Crippen LogP contribution in [0.3, 0.4) is 0 Å². The second kappa shape index (κ2) is 9.57. The molecule has 1 rings (SSSR count). The predicted octanol–water partition coefficient (Wildman–Crippen LogP) is 2.20. The maximum absolute atomic E-state index is 5.77. The van der Waals surface area contributed by atoms with Gasteiger partial charge in [-0.05, 0) is 19.1 Å². The van der Waals surface area contributed by atoms with Gasteiger partial charge in [0.25, 0.3) is 0 Å². The van der Waals surface area contributed by atoms with Gasteiger partial charge in [0.15, 0.2) is 5.96 Å². The van der Waals surface area contributed by atoms with E-state index in [1.807, 2.05) is 0 Å². The molecule has 1 aliphatic carbocycles. The zero-order valence-electron chi connectivity index (χ0n) is 9.37. The van der Waals surface area contributed by atoms with Crippen LogP contribution in [0.4, 0.5) is 0 Å². The standard InChI is InChI=1S/C10H21N3S.HI/c1-14-8-7-12-10(11)13-9-5-3-2-4-6-9;/h9H,2-8H2,1H3,(H3,11,12,13);1H. The number of guanidine groups is 1. The summed E-state index contributed by atoms with van der Waals surface area (Å²) in [6, 6.07) is 0.571. The van der Waals surface area contributed by atoms with Gasteiger partial charge >= 0.3 is 0 Å². The van der Waals surface area contributed by atoms with Gasteiger partial charge in [0, 0.05) is 11.8 Å². The van der Waals surface area contributed by atoms with Gasteiger partial charge in [0.2, 0.25) is 0 Å². The Kier molecular flexibility index (Phi) is 9.79. The molecule has 0 bridgehead atoms. The van der Waals surface area contributed by atoms with Crippen LogP contribution >= 0.6 is 35.7 Å². The van der Waals surface area contributed by atoms with E-state index in [9.17, 15) is 0 Å². The Balaban J connectivity index is 0.00000196. The molecule has 1 fully saturated rings. The summed E-state index contributed by atoms with van der Waals surface area (Å²) >= 11 is 1.80. The molecular formula is C10H22IN3S. The first-order valence-electron chi connectivity index (χ1n) is 5.38. The molecule has 90 valence electrons. The second-order valence-electron chi connectivity index (χ2n) is 3.74. The Labute approximate surface area is 114 Å². The number of thioether (sulfide) groups is 1. The molecule has 3 nitrogen and oxygen atoms in total. The summed E-state index contributed by atoms with van der Waals surface area (Å²) in [5.41, 5.74) is 5.77. The third kappa shape index (κ3) is 7.27. The molecule has 0 radical (unpaired) electrons. The minimum absolute atomic E-state index is 0. The lowest BCUT2D eigenvalue weighted by Crippen LogP contribution is -2.41. The minimum atomic E-state index is 0. The van der Waals surface area contributed by atoms with Crippen molar-refractivity contribution >= 4 is 41.7 Å². The van der Waals surface area contributed by atoms with E-state index >= 15 is 0 Å². The topological polar surface area (TPSA) is 50.4 Å². The van der Waals surface area contributed by atoms with Gasteiger partial charge in [-0.2, -0.15) is 11.8 Å². The molecule has 5 heteroatoms. The van der Waals surface area contributed by atoms with Crippen LogP contribution < -0.4 is 11.1 Å². The average molecular weight is 343 g/mol. The van der Waals surface area contributed by atoms with Crippen molar-refractivity contribution in [3.8, 4) is 0 Å². The van der Waals surface area contributed by atoms with Crippen molar-refractivity contribution in [2.45, 2.75) is 38.1 Å². The smallest absolute Gasteiger partial charge is 0.188 e. The highest BCUT2D eigenvalue weighted by Crippen LogP contribution is 2.16. The van der Waals surface area contributed by atoms with Crippen molar-refractivity contribution in [3.63, 3.8) is 0 Å². The van der Waals surface area contributed by atoms with Gasteiger partial charge in [-0.15, -0.1) is 24.0 Å². The van der Waals surface area contributed by atoms with E-state index in [0.29, 0.717) is 12.0 Å². The molecule has 0 aromatic carbocycles. The number of aliphatic imine (C=N–C) groups is 1. The molecule has 3 N–H and O–H groups in total. The minimum Gasteiger partial charge on any atom is -0.370 e. The van der Waals surface area contributed by atoms with Crippen LogP contribution in [-0.2, 0) is 0 Å². The Hall–Kier alpha value is 0.350. The molecule has 0 spiro atoms. The maximum Gasteiger partial charge on any atom is 0.188 e. The van der Waals surface area contributed by atoms with E-state index in [2.05, 4.69) is 16.6 Å². The first-order valence-corrected chi connectivity index (χ1v) is 6.77. The van der Waals surface area contributed by atoms with Crippen LogP contribution in [0.5, 0.6) is 0 Å². The summed E-state index contributed by atoms with van der Waals surface area (Å²) in [5.74, 6) is 1.68. The summed E-state index contributed by atoms with van der Waals surface area (Å²) in [6.45, 7) is 0.826. The fourth-order valence-corrected chi connectivity index (χ4v) is 2.03. The zero-order chi connectivity index (χ0) is 10.2. The van der Waals surface area contributed by atoms with Crippen LogP contribution in [0, 0.1) is 0 Å². The van der Waals surface area contributed by atoms with Crippen molar-refractivity contribution in [3.05, 3.63) is 0 Å². The lowest BCUT2D eigenvalue weighted by atomic mass is 9.96. The normalized spacial score (nSPS) is 18.3. The first-order chi connectivity index (χ1) is 6.83. The lowest BCUT2D eigenvalue weighted by molar-refractivity contribution is 0.412. The SMILES string of the molecule is CSCCN=C(N)NC1CCCCC1.I. The molecule has 0 saturated heterocycles. The fourth-order valence-electron chi connectivity index (χ4n) is 1.76. The summed E-state index contributed by atoms with van der Waals surface area (Å²) in [7, 11) is 0. The number of hydrogen-bond acceptors (Lipinski definition) is 2. The first kappa shape index (κ1) is 15.3. The molecule has 0 heterocycles. The highest BCUT2D eigenvalue weighted by atomic mass is 127. The molecule has 0 unspecified atom stereocenters. The molecule has 15 heavy (non-hydrogen) atoms. The van der Waals surface area contributed by atoms with Crippen molar-refractivity contribution in [2.24, 2.45) is 10.7 Å². The quantitative estimate of drug-likeness (QED) is 0.356. The van der Waals surface area contributed by atoms with Crippen LogP contribution in [0.1, 0.15) is 32.1 Å². The summed E-state index contributed by atoms with van der Waals surface area (Å²) in [4.78, 5) is 4.27. The molecule has 1 aliphatic rings. The number of nitrogens with one attached hydrogen (secondary N) is 1. The Morgan fingerprint density at radius 2 is 2.07 bits per heavy atom. The van der Waals surface area contributed by atoms with Gasteiger partial charge in [-0.1, -0.05) is 19.3 Å². The van der Waals surface area contributed by atoms with E-state index < -0.39 is 0 Å². The fraction of sp³-hybridized carbons (Fsp3) is 0.900. The van der Waals surface area contributed by atoms with Gasteiger partial charge in [0.1, 0.15) is 0 Å². The lowest BCUT2D eigenvalue weighted by Gasteiger charge is -2.23. The van der Waals surface area contributed by atoms with Crippen molar-refractivity contribution in [2.75, 3.05) is 18.6 Å². The van der Waals surface area contributed by atoms with Crippen LogP contribution in [0.25, 0.3) is 0 Å². The monoisotopic (exact) mass is 343 g/mol. The van der Waals surface area contributed by atoms with Crippen LogP contribution in [0.2, 0.25) is 0 Å². The van der Waals surface area contributed by atoms with E-state index in [1.54, 1.807) is 11.8 Å². The molecule has 0 aliphatic heterocycles. The van der Waals surface area contributed by atoms with Crippen LogP contribution in [-0.4, -0.2) is 30.6 Å². The van der Waals surface area contributed by atoms with E-state index in [-0.39, 0.29) is 24.0 Å². The van der Waals surface area contributed by atoms with Crippen molar-refractivity contribution in [1.29, 1.82) is 0 Å². The van der Waals surface area contributed by atoms with E-state index in [1.165, 1.54) is 32.1 Å². The molecule has 0 aromatic rings. The number of nitrogens with two attached hydrogens (primary N) is 1. The van der Waals surface area contributed by atoms with Crippen LogP contribution in [0.15, 0.2) is 4.99 Å². The zero-order valence-corrected chi connectivity index (χ0v) is 12.5. The summed E-state index contributed by atoms with van der Waals surface area (Å²) in [5, 5.41) is 3.30. The maximum atomic E-state index is 5.77. The third-order valence-electron chi connectivity index (χ3n) is 2.53. The largest absolute Gasteiger partial charge is 0.370 e. The number of hydrogen-bond donors (Lipinski definition) is 2. The van der Waals surface area contributed by atoms with E-state index in [0.717, 1.165) is 12.3 Å². The van der Waals surface area contributed by atoms with Crippen molar-refractivity contribution < 1.29 is 0 Å². The molecule has 0 atom stereocenters. The number of nitrogens with zero attached hydrogens (tertiary/aromatic N) is 1. The highest BCUT2D eigenvalue weighted by molar-refractivity contribution is 14.0. The van der Waals surface area contributed by atoms with E-state index in [4.69, 9.17) is 5.73 Å². The predicted molar refractivity (Wildman–Crippen MR) is 80.3 cm³/mol. The molecule has 0 aromatic heterocycles. The van der Waals surface area contributed by atoms with Gasteiger partial charge in [-0.3, -0.25) is 4.99 Å². The summed E-state index contributed by atoms with van der Waals surface area (Å²) in [6.07, 6.45) is 8.62. The van der Waals surface area contributed by atoms with Gasteiger partial charge in [0.05, 0.1) is 6.54 Å². The number of rotatable bonds is 4. The van der Waals surface area contributed by atoms with Gasteiger partial charge in [-0.25, -0.2) is 0 Å². The van der Waals surface area contributed by atoms with Gasteiger partial charge < -0.3 is 11.1 Å². The number of halogens is 1. The average Bonchev–Trinajstić information content (AvgIpc) is 2.20.